The summed E-state index contributed by atoms with van der Waals surface area (Å²) < 4.78 is 8.80. The fraction of sp³-hybridized carbons (Fsp3) is 0.364. The molecule has 0 amide bonds. The van der Waals surface area contributed by atoms with Crippen molar-refractivity contribution in [2.24, 2.45) is 0 Å². The molecule has 0 unspecified atom stereocenters. The van der Waals surface area contributed by atoms with E-state index in [1.54, 1.807) is 33.2 Å². The summed E-state index contributed by atoms with van der Waals surface area (Å²) in [6.45, 7) is 20.0. The number of rotatable bonds is 3. The van der Waals surface area contributed by atoms with Crippen molar-refractivity contribution in [2.75, 3.05) is 0 Å². The van der Waals surface area contributed by atoms with Crippen LogP contribution < -0.4 is 18.8 Å². The number of fused-ring (bicyclic) bond motifs is 3. The van der Waals surface area contributed by atoms with Crippen molar-refractivity contribution in [2.45, 2.75) is 53.1 Å². The molecule has 5 heteroatoms. The van der Waals surface area contributed by atoms with E-state index in [0.29, 0.717) is 0 Å². The molecule has 0 N–H and O–H groups in total. The van der Waals surface area contributed by atoms with Crippen LogP contribution in [0.15, 0.2) is 30.3 Å². The summed E-state index contributed by atoms with van der Waals surface area (Å²) in [6.07, 6.45) is 0. The van der Waals surface area contributed by atoms with Crippen molar-refractivity contribution in [3.05, 3.63) is 41.5 Å². The van der Waals surface area contributed by atoms with E-state index in [0.717, 1.165) is 0 Å². The second-order valence-electron chi connectivity index (χ2n) is 9.64. The second kappa shape index (κ2) is 6.73. The monoisotopic (exact) mass is 622 g/mol. The Morgan fingerprint density at radius 2 is 1.07 bits per heavy atom. The predicted molar refractivity (Wildman–Crippen MR) is 134 cm³/mol. The van der Waals surface area contributed by atoms with E-state index in [1.807, 2.05) is 6.54 Å². The van der Waals surface area contributed by atoms with Gasteiger partial charge in [-0.05, 0) is 0 Å². The van der Waals surface area contributed by atoms with E-state index in [4.69, 9.17) is 0 Å². The molecule has 0 radical (unpaired) electrons. The van der Waals surface area contributed by atoms with Crippen LogP contribution in [0.2, 0.25) is 39.3 Å². The third-order valence-corrected chi connectivity index (χ3v) is 27.6. The molecule has 3 aromatic rings. The van der Waals surface area contributed by atoms with E-state index < -0.39 is 37.9 Å². The number of hydrogen-bond donors (Lipinski definition) is 0. The van der Waals surface area contributed by atoms with E-state index in [9.17, 15) is 0 Å². The van der Waals surface area contributed by atoms with Gasteiger partial charge in [0.25, 0.3) is 0 Å². The average Bonchev–Trinajstić information content (AvgIpc) is 3.17. The van der Waals surface area contributed by atoms with Gasteiger partial charge in [-0.1, -0.05) is 0 Å². The Kier molecular flexibility index (Phi) is 5.04. The SMILES string of the molecule is Cc1c([Si](C)(C)C)sc2[c]1[Bi]([c]1ccccc1)[c]1c-2sc([Si](C)(C)C)c1C. The molecule has 27 heavy (non-hydrogen) atoms. The Labute approximate surface area is 182 Å². The molecular formula is C22H29BiS2Si2. The van der Waals surface area contributed by atoms with Crippen molar-refractivity contribution in [1.82, 2.24) is 0 Å². The van der Waals surface area contributed by atoms with Gasteiger partial charge in [-0.2, -0.15) is 0 Å². The van der Waals surface area contributed by atoms with E-state index in [2.05, 4.69) is 106 Å². The van der Waals surface area contributed by atoms with Crippen molar-refractivity contribution >= 4 is 79.4 Å². The fourth-order valence-electron chi connectivity index (χ4n) is 4.23. The molecule has 2 aromatic heterocycles. The third-order valence-electron chi connectivity index (χ3n) is 5.26. The van der Waals surface area contributed by atoms with Crippen LogP contribution in [-0.4, -0.2) is 37.9 Å². The first-order valence-corrected chi connectivity index (χ1v) is 23.5. The first kappa shape index (κ1) is 20.2. The van der Waals surface area contributed by atoms with Gasteiger partial charge in [-0.15, -0.1) is 0 Å². The van der Waals surface area contributed by atoms with E-state index in [-0.39, 0.29) is 0 Å². The summed E-state index contributed by atoms with van der Waals surface area (Å²) in [5.41, 5.74) is 3.35. The summed E-state index contributed by atoms with van der Waals surface area (Å²) in [4.78, 5) is 3.36. The summed E-state index contributed by atoms with van der Waals surface area (Å²) in [5, 5.41) is 0. The molecule has 4 rings (SSSR count). The predicted octanol–water partition coefficient (Wildman–Crippen LogP) is 4.01. The Morgan fingerprint density at radius 1 is 0.667 bits per heavy atom. The van der Waals surface area contributed by atoms with Gasteiger partial charge in [-0.3, -0.25) is 0 Å². The van der Waals surface area contributed by atoms with Gasteiger partial charge in [-0.25, -0.2) is 0 Å². The summed E-state index contributed by atoms with van der Waals surface area (Å²) in [6, 6.07) is 11.5. The van der Waals surface area contributed by atoms with Crippen LogP contribution in [0, 0.1) is 13.8 Å². The zero-order valence-electron chi connectivity index (χ0n) is 17.7. The molecule has 0 nitrogen and oxygen atoms in total. The van der Waals surface area contributed by atoms with E-state index >= 15 is 0 Å². The molecule has 1 aliphatic rings. The van der Waals surface area contributed by atoms with E-state index in [1.165, 1.54) is 0 Å². The molecule has 0 bridgehead atoms. The van der Waals surface area contributed by atoms with Gasteiger partial charge in [0, 0.05) is 0 Å². The van der Waals surface area contributed by atoms with Crippen LogP contribution in [0.3, 0.4) is 0 Å². The molecule has 1 aliphatic heterocycles. The summed E-state index contributed by atoms with van der Waals surface area (Å²) in [7, 11) is -2.60. The quantitative estimate of drug-likeness (QED) is 0.303. The Hall–Kier alpha value is -0.0631. The van der Waals surface area contributed by atoms with Crippen LogP contribution in [0.25, 0.3) is 9.75 Å². The minimum absolute atomic E-state index is 1.30. The van der Waals surface area contributed by atoms with Crippen LogP contribution in [0.4, 0.5) is 0 Å². The van der Waals surface area contributed by atoms with Crippen molar-refractivity contribution in [1.29, 1.82) is 0 Å². The first-order valence-electron chi connectivity index (χ1n) is 9.65. The first-order chi connectivity index (χ1) is 12.5. The minimum atomic E-state index is -2.18. The van der Waals surface area contributed by atoms with Crippen LogP contribution in [-0.2, 0) is 0 Å². The zero-order chi connectivity index (χ0) is 19.7. The molecule has 0 spiro atoms. The normalized spacial score (nSPS) is 14.5. The van der Waals surface area contributed by atoms with Crippen LogP contribution in [0.1, 0.15) is 11.1 Å². The Bertz CT molecular complexity index is 953. The molecule has 0 saturated heterocycles. The molecular weight excluding hydrogens is 594 g/mol. The topological polar surface area (TPSA) is 0 Å². The van der Waals surface area contributed by atoms with Gasteiger partial charge in [0.15, 0.2) is 0 Å². The molecule has 3 heterocycles. The standard InChI is InChI=1S/C16H24S2Si2.C6H5.Bi/c1-11-9-13(17-15(11)19(3,4)5)14-10-12(2)16(18-14)20(6,7)8;1-2-4-6-5-3-1;/h1-8H3;1-5H;. The van der Waals surface area contributed by atoms with Crippen molar-refractivity contribution in [3.8, 4) is 9.75 Å². The Balaban J connectivity index is 2.05. The van der Waals surface area contributed by atoms with Gasteiger partial charge in [0.1, 0.15) is 0 Å². The van der Waals surface area contributed by atoms with Crippen LogP contribution >= 0.6 is 22.7 Å². The molecule has 0 atom stereocenters. The number of thiophene rings is 2. The summed E-state index contributed by atoms with van der Waals surface area (Å²) >= 11 is 2.16. The summed E-state index contributed by atoms with van der Waals surface area (Å²) in [5.74, 6) is 0. The fourth-order valence-corrected chi connectivity index (χ4v) is 27.2. The van der Waals surface area contributed by atoms with Crippen molar-refractivity contribution < 1.29 is 0 Å². The second-order valence-corrected chi connectivity index (χ2v) is 30.5. The third kappa shape index (κ3) is 3.22. The molecule has 0 aliphatic carbocycles. The van der Waals surface area contributed by atoms with Crippen LogP contribution in [0.5, 0.6) is 0 Å². The Morgan fingerprint density at radius 3 is 1.44 bits per heavy atom. The number of benzene rings is 1. The average molecular weight is 623 g/mol. The zero-order valence-corrected chi connectivity index (χ0v) is 24.8. The van der Waals surface area contributed by atoms with Gasteiger partial charge in [0.05, 0.1) is 0 Å². The maximum atomic E-state index is 2.52. The van der Waals surface area contributed by atoms with Crippen molar-refractivity contribution in [3.63, 3.8) is 0 Å². The van der Waals surface area contributed by atoms with Gasteiger partial charge < -0.3 is 0 Å². The van der Waals surface area contributed by atoms with Gasteiger partial charge >= 0.3 is 184 Å². The molecule has 142 valence electrons. The maximum absolute atomic E-state index is 2.52. The molecule has 0 fully saturated rings. The molecule has 1 aromatic carbocycles. The molecule has 0 saturated carbocycles. The number of hydrogen-bond acceptors (Lipinski definition) is 2. The van der Waals surface area contributed by atoms with Gasteiger partial charge in [0.2, 0.25) is 0 Å².